The molecule has 2 aliphatic heterocycles. The number of nitrogens with one attached hydrogen (secondary N) is 1. The molecule has 0 aromatic rings. The molecule has 0 saturated carbocycles. The number of nitrogens with zero attached hydrogens (tertiary/aromatic N) is 1. The van der Waals surface area contributed by atoms with Crippen LogP contribution >= 0.6 is 12.4 Å². The van der Waals surface area contributed by atoms with Gasteiger partial charge in [0, 0.05) is 32.2 Å². The quantitative estimate of drug-likeness (QED) is 0.743. The molecule has 0 aromatic carbocycles. The van der Waals surface area contributed by atoms with Gasteiger partial charge in [0.15, 0.2) is 0 Å². The summed E-state index contributed by atoms with van der Waals surface area (Å²) < 4.78 is 5.71. The van der Waals surface area contributed by atoms with E-state index in [2.05, 4.69) is 24.1 Å². The van der Waals surface area contributed by atoms with Gasteiger partial charge in [-0.15, -0.1) is 12.4 Å². The second-order valence-electron chi connectivity index (χ2n) is 4.52. The Labute approximate surface area is 92.6 Å². The van der Waals surface area contributed by atoms with Crippen molar-refractivity contribution in [2.75, 3.05) is 32.8 Å². The van der Waals surface area contributed by atoms with E-state index in [0.29, 0.717) is 12.1 Å². The van der Waals surface area contributed by atoms with E-state index in [1.54, 1.807) is 0 Å². The second-order valence-corrected chi connectivity index (χ2v) is 4.52. The summed E-state index contributed by atoms with van der Waals surface area (Å²) in [6.45, 7) is 9.96. The summed E-state index contributed by atoms with van der Waals surface area (Å²) in [7, 11) is 0. The largest absolute Gasteiger partial charge is 0.374 e. The van der Waals surface area contributed by atoms with Crippen molar-refractivity contribution in [1.29, 1.82) is 0 Å². The average molecular weight is 221 g/mol. The van der Waals surface area contributed by atoms with Crippen LogP contribution in [0.5, 0.6) is 0 Å². The van der Waals surface area contributed by atoms with E-state index in [4.69, 9.17) is 4.74 Å². The van der Waals surface area contributed by atoms with Gasteiger partial charge in [0.2, 0.25) is 0 Å². The zero-order valence-corrected chi connectivity index (χ0v) is 9.85. The second kappa shape index (κ2) is 5.31. The lowest BCUT2D eigenvalue weighted by Crippen LogP contribution is -2.51. The Morgan fingerprint density at radius 1 is 1.43 bits per heavy atom. The van der Waals surface area contributed by atoms with Gasteiger partial charge in [-0.25, -0.2) is 0 Å². The van der Waals surface area contributed by atoms with E-state index in [-0.39, 0.29) is 12.4 Å². The first-order valence-electron chi connectivity index (χ1n) is 5.33. The zero-order chi connectivity index (χ0) is 9.26. The van der Waals surface area contributed by atoms with Crippen molar-refractivity contribution < 1.29 is 4.74 Å². The Hall–Kier alpha value is 0.170. The van der Waals surface area contributed by atoms with Gasteiger partial charge >= 0.3 is 0 Å². The first kappa shape index (κ1) is 12.2. The number of morpholine rings is 1. The molecule has 2 atom stereocenters. The lowest BCUT2D eigenvalue weighted by atomic mass is 10.1. The predicted octanol–water partition coefficient (Wildman–Crippen LogP) is 0.737. The molecular weight excluding hydrogens is 200 g/mol. The molecule has 0 bridgehead atoms. The average Bonchev–Trinajstić information content (AvgIpc) is 2.51. The molecule has 3 nitrogen and oxygen atoms in total. The SMILES string of the molecule is CC(C)CN1CCO[C@@H]2CNC[C@H]21.Cl. The molecule has 2 saturated heterocycles. The Bertz CT molecular complexity index is 178. The van der Waals surface area contributed by atoms with Crippen molar-refractivity contribution in [1.82, 2.24) is 10.2 Å². The van der Waals surface area contributed by atoms with Crippen molar-refractivity contribution in [2.45, 2.75) is 26.0 Å². The standard InChI is InChI=1S/C10H20N2O.ClH/c1-8(2)7-12-3-4-13-10-6-11-5-9(10)12;/h8-11H,3-7H2,1-2H3;1H/t9-,10-;/m1./s1. The van der Waals surface area contributed by atoms with Crippen LogP contribution in [0.25, 0.3) is 0 Å². The van der Waals surface area contributed by atoms with Gasteiger partial charge in [-0.2, -0.15) is 0 Å². The highest BCUT2D eigenvalue weighted by Crippen LogP contribution is 2.18. The van der Waals surface area contributed by atoms with Gasteiger partial charge in [-0.05, 0) is 5.92 Å². The van der Waals surface area contributed by atoms with Crippen molar-refractivity contribution in [3.63, 3.8) is 0 Å². The van der Waals surface area contributed by atoms with Crippen molar-refractivity contribution in [3.05, 3.63) is 0 Å². The predicted molar refractivity (Wildman–Crippen MR) is 60.1 cm³/mol. The molecule has 2 heterocycles. The minimum absolute atomic E-state index is 0. The Morgan fingerprint density at radius 2 is 2.21 bits per heavy atom. The highest BCUT2D eigenvalue weighted by Gasteiger charge is 2.35. The number of halogens is 1. The molecule has 1 N–H and O–H groups in total. The van der Waals surface area contributed by atoms with Crippen LogP contribution in [-0.4, -0.2) is 49.8 Å². The summed E-state index contributed by atoms with van der Waals surface area (Å²) in [5.41, 5.74) is 0. The molecule has 0 aromatic heterocycles. The molecule has 14 heavy (non-hydrogen) atoms. The fourth-order valence-electron chi connectivity index (χ4n) is 2.36. The molecule has 0 unspecified atom stereocenters. The molecule has 0 aliphatic carbocycles. The molecule has 2 aliphatic rings. The van der Waals surface area contributed by atoms with E-state index in [1.165, 1.54) is 6.54 Å². The summed E-state index contributed by atoms with van der Waals surface area (Å²) in [6, 6.07) is 0.635. The number of hydrogen-bond donors (Lipinski definition) is 1. The Morgan fingerprint density at radius 3 is 2.93 bits per heavy atom. The number of ether oxygens (including phenoxy) is 1. The highest BCUT2D eigenvalue weighted by molar-refractivity contribution is 5.85. The van der Waals surface area contributed by atoms with Crippen LogP contribution in [0.4, 0.5) is 0 Å². The van der Waals surface area contributed by atoms with Crippen LogP contribution in [0, 0.1) is 5.92 Å². The third kappa shape index (κ3) is 2.60. The Kier molecular flexibility index (Phi) is 4.64. The summed E-state index contributed by atoms with van der Waals surface area (Å²) in [5, 5.41) is 3.40. The van der Waals surface area contributed by atoms with E-state index in [0.717, 1.165) is 32.2 Å². The fraction of sp³-hybridized carbons (Fsp3) is 1.00. The molecule has 84 valence electrons. The minimum Gasteiger partial charge on any atom is -0.374 e. The number of rotatable bonds is 2. The lowest BCUT2D eigenvalue weighted by molar-refractivity contribution is -0.0501. The van der Waals surface area contributed by atoms with Crippen molar-refractivity contribution in [2.24, 2.45) is 5.92 Å². The van der Waals surface area contributed by atoms with Gasteiger partial charge in [0.05, 0.1) is 12.7 Å². The third-order valence-electron chi connectivity index (χ3n) is 2.91. The smallest absolute Gasteiger partial charge is 0.0867 e. The highest BCUT2D eigenvalue weighted by atomic mass is 35.5. The van der Waals surface area contributed by atoms with Crippen molar-refractivity contribution >= 4 is 12.4 Å². The third-order valence-corrected chi connectivity index (χ3v) is 2.91. The lowest BCUT2D eigenvalue weighted by Gasteiger charge is -2.37. The maximum absolute atomic E-state index is 5.71. The van der Waals surface area contributed by atoms with Gasteiger partial charge < -0.3 is 10.1 Å². The minimum atomic E-state index is 0. The molecule has 0 amide bonds. The van der Waals surface area contributed by atoms with Crippen LogP contribution in [0.2, 0.25) is 0 Å². The molecule has 0 spiro atoms. The summed E-state index contributed by atoms with van der Waals surface area (Å²) >= 11 is 0. The van der Waals surface area contributed by atoms with Crippen LogP contribution in [0.15, 0.2) is 0 Å². The van der Waals surface area contributed by atoms with Crippen LogP contribution in [0.1, 0.15) is 13.8 Å². The topological polar surface area (TPSA) is 24.5 Å². The molecule has 4 heteroatoms. The van der Waals surface area contributed by atoms with Gasteiger partial charge in [0.25, 0.3) is 0 Å². The summed E-state index contributed by atoms with van der Waals surface area (Å²) in [4.78, 5) is 2.58. The number of hydrogen-bond acceptors (Lipinski definition) is 3. The molecular formula is C10H21ClN2O. The van der Waals surface area contributed by atoms with Crippen LogP contribution in [0.3, 0.4) is 0 Å². The van der Waals surface area contributed by atoms with Gasteiger partial charge in [-0.3, -0.25) is 4.90 Å². The van der Waals surface area contributed by atoms with Crippen LogP contribution in [-0.2, 0) is 4.74 Å². The van der Waals surface area contributed by atoms with Gasteiger partial charge in [0.1, 0.15) is 0 Å². The summed E-state index contributed by atoms with van der Waals surface area (Å²) in [6.07, 6.45) is 0.451. The Balaban J connectivity index is 0.000000980. The summed E-state index contributed by atoms with van der Waals surface area (Å²) in [5.74, 6) is 0.763. The van der Waals surface area contributed by atoms with Gasteiger partial charge in [-0.1, -0.05) is 13.8 Å². The maximum atomic E-state index is 5.71. The fourth-order valence-corrected chi connectivity index (χ4v) is 2.36. The van der Waals surface area contributed by atoms with Crippen molar-refractivity contribution in [3.8, 4) is 0 Å². The molecule has 0 radical (unpaired) electrons. The van der Waals surface area contributed by atoms with E-state index in [1.807, 2.05) is 0 Å². The van der Waals surface area contributed by atoms with Crippen LogP contribution < -0.4 is 5.32 Å². The monoisotopic (exact) mass is 220 g/mol. The number of fused-ring (bicyclic) bond motifs is 1. The first-order valence-corrected chi connectivity index (χ1v) is 5.33. The zero-order valence-electron chi connectivity index (χ0n) is 9.03. The maximum Gasteiger partial charge on any atom is 0.0867 e. The first-order chi connectivity index (χ1) is 6.27. The normalized spacial score (nSPS) is 32.8. The van der Waals surface area contributed by atoms with E-state index in [9.17, 15) is 0 Å². The van der Waals surface area contributed by atoms with E-state index >= 15 is 0 Å². The molecule has 2 fully saturated rings. The molecule has 2 rings (SSSR count). The van der Waals surface area contributed by atoms with E-state index < -0.39 is 0 Å².